The number of benzene rings is 2. The molecule has 0 unspecified atom stereocenters. The van der Waals surface area contributed by atoms with Crippen LogP contribution in [0.2, 0.25) is 0 Å². The van der Waals surface area contributed by atoms with E-state index in [1.54, 1.807) is 25.8 Å². The Morgan fingerprint density at radius 2 is 1.94 bits per heavy atom. The molecule has 0 radical (unpaired) electrons. The fraction of sp³-hybridized carbons (Fsp3) is 0.333. The van der Waals surface area contributed by atoms with E-state index >= 15 is 0 Å². The highest BCUT2D eigenvalue weighted by Gasteiger charge is 2.37. The van der Waals surface area contributed by atoms with Crippen LogP contribution in [0.4, 0.5) is 5.69 Å². The molecule has 0 N–H and O–H groups in total. The number of hydrogen-bond donors (Lipinski definition) is 0. The van der Waals surface area contributed by atoms with Gasteiger partial charge in [-0.15, -0.1) is 0 Å². The summed E-state index contributed by atoms with van der Waals surface area (Å²) in [6, 6.07) is 11.4. The molecule has 0 bridgehead atoms. The van der Waals surface area contributed by atoms with Crippen LogP contribution in [0.15, 0.2) is 58.7 Å². The number of aliphatic imine (C=N–C) groups is 1. The summed E-state index contributed by atoms with van der Waals surface area (Å²) in [7, 11) is 3.24. The molecule has 1 atom stereocenters. The van der Waals surface area contributed by atoms with E-state index in [-0.39, 0.29) is 35.8 Å². The first kappa shape index (κ1) is 25.1. The highest BCUT2D eigenvalue weighted by Crippen LogP contribution is 2.44. The molecular formula is C24H27N3O6S. The number of amidine groups is 1. The van der Waals surface area contributed by atoms with Crippen LogP contribution in [-0.4, -0.2) is 48.0 Å². The first-order valence-electron chi connectivity index (χ1n) is 10.6. The maximum Gasteiger partial charge on any atom is 0.338 e. The number of nitro benzene ring substituents is 1. The second kappa shape index (κ2) is 11.1. The van der Waals surface area contributed by atoms with Crippen LogP contribution in [0.5, 0.6) is 11.5 Å². The molecule has 1 aliphatic rings. The Bertz CT molecular complexity index is 1130. The quantitative estimate of drug-likeness (QED) is 0.300. The first-order chi connectivity index (χ1) is 16.3. The van der Waals surface area contributed by atoms with E-state index in [0.717, 1.165) is 5.56 Å². The fourth-order valence-corrected chi connectivity index (χ4v) is 4.24. The zero-order valence-corrected chi connectivity index (χ0v) is 20.5. The van der Waals surface area contributed by atoms with Gasteiger partial charge in [-0.05, 0) is 31.7 Å². The van der Waals surface area contributed by atoms with Crippen molar-refractivity contribution in [2.24, 2.45) is 4.99 Å². The van der Waals surface area contributed by atoms with Crippen molar-refractivity contribution < 1.29 is 23.9 Å². The second-order valence-electron chi connectivity index (χ2n) is 7.39. The third-order valence-corrected chi connectivity index (χ3v) is 6.16. The Morgan fingerprint density at radius 3 is 2.53 bits per heavy atom. The van der Waals surface area contributed by atoms with Crippen LogP contribution in [0.3, 0.4) is 0 Å². The van der Waals surface area contributed by atoms with Gasteiger partial charge in [-0.25, -0.2) is 9.79 Å². The fourth-order valence-electron chi connectivity index (χ4n) is 3.62. The lowest BCUT2D eigenvalue weighted by atomic mass is 9.94. The van der Waals surface area contributed by atoms with Gasteiger partial charge in [0.05, 0.1) is 35.8 Å². The highest BCUT2D eigenvalue weighted by atomic mass is 32.2. The molecule has 0 saturated heterocycles. The van der Waals surface area contributed by atoms with Gasteiger partial charge in [0.2, 0.25) is 0 Å². The predicted molar refractivity (Wildman–Crippen MR) is 131 cm³/mol. The van der Waals surface area contributed by atoms with Crippen molar-refractivity contribution in [2.45, 2.75) is 26.5 Å². The van der Waals surface area contributed by atoms with Gasteiger partial charge in [0.1, 0.15) is 12.6 Å². The number of thioether (sulfide) groups is 1. The molecule has 2 aromatic rings. The molecule has 0 saturated carbocycles. The Balaban J connectivity index is 2.12. The Labute approximate surface area is 202 Å². The normalized spacial score (nSPS) is 15.6. The number of methoxy groups -OCH3 is 1. The van der Waals surface area contributed by atoms with E-state index in [0.29, 0.717) is 16.6 Å². The van der Waals surface area contributed by atoms with Gasteiger partial charge >= 0.3 is 5.97 Å². The summed E-state index contributed by atoms with van der Waals surface area (Å²) >= 11 is 1.38. The van der Waals surface area contributed by atoms with Crippen LogP contribution in [-0.2, 0) is 16.1 Å². The molecule has 0 aromatic heterocycles. The number of ether oxygens (including phenoxy) is 3. The van der Waals surface area contributed by atoms with Crippen molar-refractivity contribution >= 4 is 28.6 Å². The second-order valence-corrected chi connectivity index (χ2v) is 8.16. The van der Waals surface area contributed by atoms with E-state index in [9.17, 15) is 14.9 Å². The molecule has 0 spiro atoms. The van der Waals surface area contributed by atoms with Crippen LogP contribution in [0.1, 0.15) is 31.0 Å². The van der Waals surface area contributed by atoms with Crippen molar-refractivity contribution in [1.82, 2.24) is 4.90 Å². The summed E-state index contributed by atoms with van der Waals surface area (Å²) in [6.45, 7) is 3.85. The van der Waals surface area contributed by atoms with Gasteiger partial charge in [-0.2, -0.15) is 0 Å². The van der Waals surface area contributed by atoms with Crippen molar-refractivity contribution in [3.05, 3.63) is 75.0 Å². The van der Waals surface area contributed by atoms with Crippen molar-refractivity contribution in [2.75, 3.05) is 27.0 Å². The number of esters is 1. The van der Waals surface area contributed by atoms with Gasteiger partial charge in [0.25, 0.3) is 5.69 Å². The third kappa shape index (κ3) is 5.17. The molecule has 0 fully saturated rings. The topological polar surface area (TPSA) is 104 Å². The minimum Gasteiger partial charge on any atom is -0.493 e. The van der Waals surface area contributed by atoms with Gasteiger partial charge in [-0.3, -0.25) is 10.1 Å². The maximum atomic E-state index is 12.9. The molecular weight excluding hydrogens is 458 g/mol. The molecule has 9 nitrogen and oxygen atoms in total. The molecule has 1 aliphatic heterocycles. The van der Waals surface area contributed by atoms with Crippen LogP contribution >= 0.6 is 11.8 Å². The van der Waals surface area contributed by atoms with Crippen LogP contribution in [0, 0.1) is 10.1 Å². The van der Waals surface area contributed by atoms with E-state index in [4.69, 9.17) is 14.2 Å². The number of rotatable bonds is 8. The molecule has 10 heteroatoms. The summed E-state index contributed by atoms with van der Waals surface area (Å²) < 4.78 is 16.6. The Hall–Kier alpha value is -3.53. The number of allylic oxidation sites excluding steroid dienone is 1. The Morgan fingerprint density at radius 1 is 1.24 bits per heavy atom. The summed E-state index contributed by atoms with van der Waals surface area (Å²) in [5.74, 6) is -0.0437. The molecule has 0 aliphatic carbocycles. The zero-order valence-electron chi connectivity index (χ0n) is 19.7. The average molecular weight is 486 g/mol. The average Bonchev–Trinajstić information content (AvgIpc) is 2.84. The number of carbonyl (C=O) groups is 1. The highest BCUT2D eigenvalue weighted by molar-refractivity contribution is 8.13. The van der Waals surface area contributed by atoms with Crippen molar-refractivity contribution in [3.63, 3.8) is 0 Å². The summed E-state index contributed by atoms with van der Waals surface area (Å²) in [4.78, 5) is 30.9. The van der Waals surface area contributed by atoms with Crippen LogP contribution in [0.25, 0.3) is 0 Å². The molecule has 34 heavy (non-hydrogen) atoms. The van der Waals surface area contributed by atoms with Gasteiger partial charge in [0.15, 0.2) is 16.7 Å². The van der Waals surface area contributed by atoms with Crippen LogP contribution < -0.4 is 9.47 Å². The van der Waals surface area contributed by atoms with Gasteiger partial charge in [-0.1, -0.05) is 42.1 Å². The Kier molecular flexibility index (Phi) is 8.17. The van der Waals surface area contributed by atoms with Crippen molar-refractivity contribution in [1.29, 1.82) is 0 Å². The minimum atomic E-state index is -0.935. The minimum absolute atomic E-state index is 0.169. The lowest BCUT2D eigenvalue weighted by Crippen LogP contribution is -2.32. The third-order valence-electron chi connectivity index (χ3n) is 5.41. The summed E-state index contributed by atoms with van der Waals surface area (Å²) in [5, 5.41) is 12.7. The number of nitrogens with zero attached hydrogens (tertiary/aromatic N) is 3. The first-order valence-corrected chi connectivity index (χ1v) is 11.8. The van der Waals surface area contributed by atoms with Crippen molar-refractivity contribution in [3.8, 4) is 11.5 Å². The zero-order chi connectivity index (χ0) is 24.8. The predicted octanol–water partition coefficient (Wildman–Crippen LogP) is 4.73. The summed E-state index contributed by atoms with van der Waals surface area (Å²) in [5.41, 5.74) is 1.75. The summed E-state index contributed by atoms with van der Waals surface area (Å²) in [6.07, 6.45) is 1.85. The van der Waals surface area contributed by atoms with E-state index in [1.807, 2.05) is 36.6 Å². The number of hydrogen-bond acceptors (Lipinski definition) is 9. The molecule has 1 heterocycles. The van der Waals surface area contributed by atoms with Gasteiger partial charge < -0.3 is 19.1 Å². The lowest BCUT2D eigenvalue weighted by molar-refractivity contribution is -0.385. The van der Waals surface area contributed by atoms with E-state index < -0.39 is 16.9 Å². The number of carbonyl (C=O) groups excluding carboxylic acids is 1. The molecule has 3 rings (SSSR count). The molecule has 2 aromatic carbocycles. The van der Waals surface area contributed by atoms with E-state index in [1.165, 1.54) is 31.0 Å². The van der Waals surface area contributed by atoms with Gasteiger partial charge in [0, 0.05) is 12.7 Å². The smallest absolute Gasteiger partial charge is 0.338 e. The standard InChI is InChI=1S/C24H27N3O6S/c1-6-32-23(28)21-15(2)26(3)24(34-5)25-22(21)17-12-19(31-4)20(13-18(17)27(29)30)33-14-16-10-8-7-9-11-16/h7-13,22H,6,14H2,1-5H3/t22-/m0/s1. The number of nitro groups is 1. The monoisotopic (exact) mass is 485 g/mol. The molecule has 0 amide bonds. The SMILES string of the molecule is CCOC(=O)C1=C(C)N(C)C(SC)=N[C@H]1c1cc(OC)c(OCc2ccccc2)cc1[N+](=O)[O-]. The molecule has 180 valence electrons. The van der Waals surface area contributed by atoms with E-state index in [2.05, 4.69) is 4.99 Å². The maximum absolute atomic E-state index is 12.9. The lowest BCUT2D eigenvalue weighted by Gasteiger charge is -2.31. The largest absolute Gasteiger partial charge is 0.493 e.